The van der Waals surface area contributed by atoms with Gasteiger partial charge in [-0.2, -0.15) is 5.10 Å². The molecule has 1 aliphatic rings. The Morgan fingerprint density at radius 3 is 2.86 bits per heavy atom. The maximum Gasteiger partial charge on any atom is 0.272 e. The van der Waals surface area contributed by atoms with Crippen molar-refractivity contribution < 1.29 is 4.79 Å². The van der Waals surface area contributed by atoms with Crippen LogP contribution in [0.2, 0.25) is 0 Å². The fourth-order valence-corrected chi connectivity index (χ4v) is 4.64. The molecule has 28 heavy (non-hydrogen) atoms. The number of nitrogens with zero attached hydrogens (tertiary/aromatic N) is 3. The first kappa shape index (κ1) is 18.9. The van der Waals surface area contributed by atoms with Crippen molar-refractivity contribution in [1.82, 2.24) is 20.1 Å². The molecule has 1 aromatic carbocycles. The highest BCUT2D eigenvalue weighted by atomic mass is 32.1. The van der Waals surface area contributed by atoms with Gasteiger partial charge in [-0.15, -0.1) is 11.3 Å². The van der Waals surface area contributed by atoms with Crippen LogP contribution in [-0.2, 0) is 19.3 Å². The van der Waals surface area contributed by atoms with Gasteiger partial charge in [-0.25, -0.2) is 9.67 Å². The van der Waals surface area contributed by atoms with E-state index in [1.165, 1.54) is 16.3 Å². The summed E-state index contributed by atoms with van der Waals surface area (Å²) in [5, 5.41) is 11.0. The second-order valence-electron chi connectivity index (χ2n) is 7.42. The summed E-state index contributed by atoms with van der Waals surface area (Å²) in [5.74, 6) is -0.0458. The van der Waals surface area contributed by atoms with Crippen LogP contribution in [0, 0.1) is 13.8 Å². The smallest absolute Gasteiger partial charge is 0.272 e. The van der Waals surface area contributed by atoms with Crippen LogP contribution >= 0.6 is 11.3 Å². The number of hydrogen-bond acceptors (Lipinski definition) is 4. The zero-order valence-electron chi connectivity index (χ0n) is 16.5. The molecule has 1 amide bonds. The van der Waals surface area contributed by atoms with Crippen molar-refractivity contribution in [3.8, 4) is 5.69 Å². The van der Waals surface area contributed by atoms with E-state index in [0.717, 1.165) is 55.5 Å². The minimum absolute atomic E-state index is 0.0458. The highest BCUT2D eigenvalue weighted by Crippen LogP contribution is 2.28. The number of unbranched alkanes of at least 4 members (excludes halogenated alkanes) is 1. The van der Waals surface area contributed by atoms with E-state index in [2.05, 4.69) is 34.7 Å². The van der Waals surface area contributed by atoms with Gasteiger partial charge in [0.1, 0.15) is 0 Å². The van der Waals surface area contributed by atoms with Crippen LogP contribution in [0.5, 0.6) is 0 Å². The monoisotopic (exact) mass is 394 g/mol. The summed E-state index contributed by atoms with van der Waals surface area (Å²) in [5.41, 5.74) is 6.25. The van der Waals surface area contributed by atoms with E-state index in [1.807, 2.05) is 23.7 Å². The van der Waals surface area contributed by atoms with Gasteiger partial charge in [0.05, 0.1) is 10.7 Å². The van der Waals surface area contributed by atoms with Crippen molar-refractivity contribution in [3.05, 3.63) is 62.9 Å². The number of fused-ring (bicyclic) bond motifs is 1. The third-order valence-electron chi connectivity index (χ3n) is 5.26. The maximum atomic E-state index is 12.8. The van der Waals surface area contributed by atoms with Gasteiger partial charge in [0.25, 0.3) is 5.91 Å². The largest absolute Gasteiger partial charge is 0.351 e. The Balaban J connectivity index is 1.39. The molecule has 0 unspecified atom stereocenters. The van der Waals surface area contributed by atoms with Gasteiger partial charge in [-0.3, -0.25) is 4.79 Å². The zero-order valence-corrected chi connectivity index (χ0v) is 17.3. The fourth-order valence-electron chi connectivity index (χ4n) is 3.82. The Morgan fingerprint density at radius 2 is 2.07 bits per heavy atom. The molecule has 2 heterocycles. The van der Waals surface area contributed by atoms with E-state index in [1.54, 1.807) is 11.3 Å². The normalized spacial score (nSPS) is 12.9. The SMILES string of the molecule is Cc1csc(CCCCNC(=O)c2nn(-c3ccccc3C)c3c2CCC3)n1. The molecular weight excluding hydrogens is 368 g/mol. The van der Waals surface area contributed by atoms with Crippen molar-refractivity contribution in [2.24, 2.45) is 0 Å². The summed E-state index contributed by atoms with van der Waals surface area (Å²) < 4.78 is 1.98. The second-order valence-corrected chi connectivity index (χ2v) is 8.36. The van der Waals surface area contributed by atoms with Crippen LogP contribution in [0.15, 0.2) is 29.6 Å². The van der Waals surface area contributed by atoms with E-state index < -0.39 is 0 Å². The number of thiazole rings is 1. The second kappa shape index (κ2) is 8.27. The lowest BCUT2D eigenvalue weighted by Crippen LogP contribution is -2.26. The van der Waals surface area contributed by atoms with Gasteiger partial charge < -0.3 is 5.32 Å². The molecule has 3 aromatic rings. The van der Waals surface area contributed by atoms with Crippen LogP contribution in [0.3, 0.4) is 0 Å². The van der Waals surface area contributed by atoms with E-state index in [-0.39, 0.29) is 5.91 Å². The van der Waals surface area contributed by atoms with E-state index >= 15 is 0 Å². The van der Waals surface area contributed by atoms with Gasteiger partial charge in [0.2, 0.25) is 0 Å². The van der Waals surface area contributed by atoms with Crippen molar-refractivity contribution in [1.29, 1.82) is 0 Å². The number of amides is 1. The highest BCUT2D eigenvalue weighted by molar-refractivity contribution is 7.09. The number of para-hydroxylation sites is 1. The van der Waals surface area contributed by atoms with Crippen LogP contribution in [0.4, 0.5) is 0 Å². The number of carbonyl (C=O) groups excluding carboxylic acids is 1. The van der Waals surface area contributed by atoms with Gasteiger partial charge in [0, 0.05) is 28.9 Å². The standard InChI is InChI=1S/C22H26N4OS/c1-15-8-3-4-10-18(15)26-19-11-7-9-17(19)21(25-26)22(27)23-13-6-5-12-20-24-16(2)14-28-20/h3-4,8,10,14H,5-7,9,11-13H2,1-2H3,(H,23,27). The molecule has 4 rings (SSSR count). The van der Waals surface area contributed by atoms with Gasteiger partial charge >= 0.3 is 0 Å². The van der Waals surface area contributed by atoms with Crippen LogP contribution in [0.1, 0.15) is 57.3 Å². The molecule has 5 nitrogen and oxygen atoms in total. The fraction of sp³-hybridized carbons (Fsp3) is 0.409. The lowest BCUT2D eigenvalue weighted by atomic mass is 10.1. The minimum Gasteiger partial charge on any atom is -0.351 e. The van der Waals surface area contributed by atoms with E-state index in [0.29, 0.717) is 12.2 Å². The molecule has 6 heteroatoms. The van der Waals surface area contributed by atoms with Crippen LogP contribution < -0.4 is 5.32 Å². The van der Waals surface area contributed by atoms with Gasteiger partial charge in [-0.05, 0) is 64.0 Å². The number of carbonyl (C=O) groups is 1. The van der Waals surface area contributed by atoms with E-state index in [9.17, 15) is 4.79 Å². The number of aromatic nitrogens is 3. The third kappa shape index (κ3) is 3.87. The Bertz CT molecular complexity index is 988. The van der Waals surface area contributed by atoms with Crippen molar-refractivity contribution in [2.45, 2.75) is 52.4 Å². The molecule has 2 aromatic heterocycles. The summed E-state index contributed by atoms with van der Waals surface area (Å²) in [6.45, 7) is 4.78. The summed E-state index contributed by atoms with van der Waals surface area (Å²) in [6, 6.07) is 8.21. The lowest BCUT2D eigenvalue weighted by Gasteiger charge is -2.08. The summed E-state index contributed by atoms with van der Waals surface area (Å²) in [6.07, 6.45) is 5.97. The quantitative estimate of drug-likeness (QED) is 0.611. The number of rotatable bonds is 7. The topological polar surface area (TPSA) is 59.8 Å². The highest BCUT2D eigenvalue weighted by Gasteiger charge is 2.27. The molecule has 0 radical (unpaired) electrons. The lowest BCUT2D eigenvalue weighted by molar-refractivity contribution is 0.0946. The Kier molecular flexibility index (Phi) is 5.57. The molecular formula is C22H26N4OS. The molecule has 1 aliphatic carbocycles. The van der Waals surface area contributed by atoms with Crippen molar-refractivity contribution in [2.75, 3.05) is 6.54 Å². The van der Waals surface area contributed by atoms with Crippen molar-refractivity contribution >= 4 is 17.2 Å². The molecule has 0 saturated heterocycles. The van der Waals surface area contributed by atoms with E-state index in [4.69, 9.17) is 5.10 Å². The number of aryl methyl sites for hydroxylation is 3. The Labute approximate surface area is 169 Å². The average molecular weight is 395 g/mol. The first-order chi connectivity index (χ1) is 13.6. The summed E-state index contributed by atoms with van der Waals surface area (Å²) in [4.78, 5) is 17.3. The molecule has 0 fully saturated rings. The first-order valence-corrected chi connectivity index (χ1v) is 10.9. The van der Waals surface area contributed by atoms with Gasteiger partial charge in [0.15, 0.2) is 5.69 Å². The molecule has 0 bridgehead atoms. The Morgan fingerprint density at radius 1 is 1.21 bits per heavy atom. The van der Waals surface area contributed by atoms with Gasteiger partial charge in [-0.1, -0.05) is 18.2 Å². The summed E-state index contributed by atoms with van der Waals surface area (Å²) in [7, 11) is 0. The minimum atomic E-state index is -0.0458. The third-order valence-corrected chi connectivity index (χ3v) is 6.28. The predicted octanol–water partition coefficient (Wildman–Crippen LogP) is 4.19. The van der Waals surface area contributed by atoms with Crippen LogP contribution in [0.25, 0.3) is 5.69 Å². The Hall–Kier alpha value is -2.47. The number of hydrogen-bond donors (Lipinski definition) is 1. The predicted molar refractivity (Wildman–Crippen MR) is 112 cm³/mol. The molecule has 1 N–H and O–H groups in total. The number of nitrogens with one attached hydrogen (secondary N) is 1. The van der Waals surface area contributed by atoms with Crippen molar-refractivity contribution in [3.63, 3.8) is 0 Å². The molecule has 0 spiro atoms. The van der Waals surface area contributed by atoms with Crippen LogP contribution in [-0.4, -0.2) is 27.2 Å². The molecule has 0 atom stereocenters. The zero-order chi connectivity index (χ0) is 19.5. The molecule has 0 saturated carbocycles. The number of benzene rings is 1. The first-order valence-electron chi connectivity index (χ1n) is 9.99. The molecule has 146 valence electrons. The average Bonchev–Trinajstić information content (AvgIpc) is 3.39. The maximum absolute atomic E-state index is 12.8. The summed E-state index contributed by atoms with van der Waals surface area (Å²) >= 11 is 1.71. The molecule has 0 aliphatic heterocycles.